The number of nitrogens with one attached hydrogen (secondary N) is 1. The summed E-state index contributed by atoms with van der Waals surface area (Å²) in [5.74, 6) is -0.172. The van der Waals surface area contributed by atoms with E-state index in [-0.39, 0.29) is 5.69 Å². The van der Waals surface area contributed by atoms with Crippen LogP contribution >= 0.6 is 0 Å². The molecule has 0 atom stereocenters. The molecule has 0 aliphatic carbocycles. The van der Waals surface area contributed by atoms with E-state index in [1.54, 1.807) is 0 Å². The summed E-state index contributed by atoms with van der Waals surface area (Å²) in [5.41, 5.74) is 0.0168. The van der Waals surface area contributed by atoms with Crippen molar-refractivity contribution < 1.29 is 18.0 Å². The van der Waals surface area contributed by atoms with E-state index in [2.05, 4.69) is 15.3 Å². The van der Waals surface area contributed by atoms with Crippen LogP contribution in [0.1, 0.15) is 23.8 Å². The van der Waals surface area contributed by atoms with Crippen LogP contribution in [0, 0.1) is 0 Å². The minimum Gasteiger partial charge on any atom is -0.369 e. The molecule has 1 aromatic heterocycles. The van der Waals surface area contributed by atoms with Crippen molar-refractivity contribution in [2.24, 2.45) is 0 Å². The molecule has 0 saturated heterocycles. The van der Waals surface area contributed by atoms with Crippen LogP contribution in [0.25, 0.3) is 0 Å². The molecule has 1 aromatic rings. The molecule has 0 unspecified atom stereocenters. The molecule has 0 saturated carbocycles. The first-order chi connectivity index (χ1) is 8.83. The molecule has 19 heavy (non-hydrogen) atoms. The van der Waals surface area contributed by atoms with Gasteiger partial charge in [0.15, 0.2) is 0 Å². The van der Waals surface area contributed by atoms with E-state index < -0.39 is 25.0 Å². The number of rotatable bonds is 5. The molecule has 0 radical (unpaired) electrons. The summed E-state index contributed by atoms with van der Waals surface area (Å²) in [4.78, 5) is 20.6. The summed E-state index contributed by atoms with van der Waals surface area (Å²) in [5, 5.41) is 2.87. The number of carbonyl (C=O) groups is 1. The first kappa shape index (κ1) is 15.2. The lowest BCUT2D eigenvalue weighted by Crippen LogP contribution is -2.31. The Hall–Kier alpha value is -1.86. The molecule has 1 rings (SSSR count). The van der Waals surface area contributed by atoms with Crippen molar-refractivity contribution in [1.82, 2.24) is 14.9 Å². The Labute approximate surface area is 108 Å². The zero-order valence-corrected chi connectivity index (χ0v) is 10.7. The van der Waals surface area contributed by atoms with Gasteiger partial charge in [-0.05, 0) is 6.92 Å². The topological polar surface area (TPSA) is 58.1 Å². The van der Waals surface area contributed by atoms with Crippen LogP contribution in [0.2, 0.25) is 0 Å². The molecule has 1 amide bonds. The van der Waals surface area contributed by atoms with E-state index in [1.807, 2.05) is 6.92 Å². The molecule has 106 valence electrons. The van der Waals surface area contributed by atoms with Gasteiger partial charge in [-0.1, -0.05) is 0 Å². The molecule has 0 aliphatic rings. The molecule has 0 spiro atoms. The summed E-state index contributed by atoms with van der Waals surface area (Å²) >= 11 is 0. The van der Waals surface area contributed by atoms with E-state index in [0.29, 0.717) is 12.4 Å². The average molecular weight is 276 g/mol. The minimum atomic E-state index is -4.29. The molecule has 0 bridgehead atoms. The fourth-order valence-electron chi connectivity index (χ4n) is 1.33. The molecule has 1 N–H and O–H groups in total. The van der Waals surface area contributed by atoms with Crippen LogP contribution in [0.5, 0.6) is 0 Å². The van der Waals surface area contributed by atoms with Crippen molar-refractivity contribution in [1.29, 1.82) is 0 Å². The number of amides is 1. The van der Waals surface area contributed by atoms with Gasteiger partial charge < -0.3 is 10.2 Å². The van der Waals surface area contributed by atoms with Gasteiger partial charge in [-0.15, -0.1) is 0 Å². The Morgan fingerprint density at radius 2 is 2.11 bits per heavy atom. The van der Waals surface area contributed by atoms with Crippen molar-refractivity contribution >= 4 is 11.7 Å². The zero-order chi connectivity index (χ0) is 14.5. The second-order valence-corrected chi connectivity index (χ2v) is 3.91. The van der Waals surface area contributed by atoms with Gasteiger partial charge in [-0.2, -0.15) is 13.2 Å². The van der Waals surface area contributed by atoms with Gasteiger partial charge in [0, 0.05) is 20.1 Å². The molecular weight excluding hydrogens is 261 g/mol. The number of hydrogen-bond acceptors (Lipinski definition) is 4. The average Bonchev–Trinajstić information content (AvgIpc) is 2.35. The Kier molecular flexibility index (Phi) is 5.08. The van der Waals surface area contributed by atoms with E-state index in [0.717, 1.165) is 4.90 Å². The lowest BCUT2D eigenvalue weighted by molar-refractivity contribution is -0.136. The van der Waals surface area contributed by atoms with Crippen molar-refractivity contribution in [3.63, 3.8) is 0 Å². The summed E-state index contributed by atoms with van der Waals surface area (Å²) in [6.07, 6.45) is -2.66. The third-order valence-corrected chi connectivity index (χ3v) is 2.29. The van der Waals surface area contributed by atoms with Crippen LogP contribution in [-0.2, 0) is 0 Å². The number of hydrogen-bond donors (Lipinski definition) is 1. The Balaban J connectivity index is 2.68. The maximum atomic E-state index is 12.1. The Bertz CT molecular complexity index is 436. The first-order valence-corrected chi connectivity index (χ1v) is 5.71. The highest BCUT2D eigenvalue weighted by Gasteiger charge is 2.28. The van der Waals surface area contributed by atoms with Gasteiger partial charge in [0.25, 0.3) is 5.91 Å². The second-order valence-electron chi connectivity index (χ2n) is 3.91. The molecule has 0 aromatic carbocycles. The molecule has 1 heterocycles. The summed E-state index contributed by atoms with van der Waals surface area (Å²) in [6.45, 7) is 2.05. The number of halogens is 3. The van der Waals surface area contributed by atoms with Gasteiger partial charge >= 0.3 is 6.18 Å². The summed E-state index contributed by atoms with van der Waals surface area (Å²) < 4.78 is 36.2. The third-order valence-electron chi connectivity index (χ3n) is 2.29. The summed E-state index contributed by atoms with van der Waals surface area (Å²) in [7, 11) is 1.30. The SMILES string of the molecule is CCNc1cncc(C(=O)N(C)CCC(F)(F)F)n1. The minimum absolute atomic E-state index is 0.0168. The van der Waals surface area contributed by atoms with Gasteiger partial charge in [0.2, 0.25) is 0 Å². The molecule has 0 fully saturated rings. The van der Waals surface area contributed by atoms with Crippen molar-refractivity contribution in [3.05, 3.63) is 18.1 Å². The monoisotopic (exact) mass is 276 g/mol. The first-order valence-electron chi connectivity index (χ1n) is 5.71. The lowest BCUT2D eigenvalue weighted by Gasteiger charge is -2.17. The fourth-order valence-corrected chi connectivity index (χ4v) is 1.33. The van der Waals surface area contributed by atoms with E-state index in [9.17, 15) is 18.0 Å². The molecular formula is C11H15F3N4O. The number of alkyl halides is 3. The predicted octanol–water partition coefficient (Wildman–Crippen LogP) is 1.93. The van der Waals surface area contributed by atoms with E-state index in [4.69, 9.17) is 0 Å². The molecule has 5 nitrogen and oxygen atoms in total. The zero-order valence-electron chi connectivity index (χ0n) is 10.7. The highest BCUT2D eigenvalue weighted by Crippen LogP contribution is 2.19. The number of aromatic nitrogens is 2. The number of nitrogens with zero attached hydrogens (tertiary/aromatic N) is 3. The normalized spacial score (nSPS) is 11.2. The van der Waals surface area contributed by atoms with E-state index in [1.165, 1.54) is 19.4 Å². The third kappa shape index (κ3) is 5.11. The van der Waals surface area contributed by atoms with Gasteiger partial charge in [0.05, 0.1) is 18.8 Å². The summed E-state index contributed by atoms with van der Waals surface area (Å²) in [6, 6.07) is 0. The number of carbonyl (C=O) groups excluding carboxylic acids is 1. The van der Waals surface area contributed by atoms with Crippen LogP contribution in [0.15, 0.2) is 12.4 Å². The molecule has 0 aliphatic heterocycles. The van der Waals surface area contributed by atoms with Gasteiger partial charge in [-0.25, -0.2) is 4.98 Å². The van der Waals surface area contributed by atoms with Crippen LogP contribution in [-0.4, -0.2) is 47.1 Å². The largest absolute Gasteiger partial charge is 0.390 e. The predicted molar refractivity (Wildman–Crippen MR) is 63.8 cm³/mol. The Morgan fingerprint density at radius 3 is 2.68 bits per heavy atom. The highest BCUT2D eigenvalue weighted by atomic mass is 19.4. The maximum absolute atomic E-state index is 12.1. The van der Waals surface area contributed by atoms with Crippen LogP contribution in [0.4, 0.5) is 19.0 Å². The standard InChI is InChI=1S/C11H15F3N4O/c1-3-16-9-7-15-6-8(17-9)10(19)18(2)5-4-11(12,13)14/h6-7H,3-5H2,1-2H3,(H,16,17). The Morgan fingerprint density at radius 1 is 1.42 bits per heavy atom. The van der Waals surface area contributed by atoms with Crippen LogP contribution in [0.3, 0.4) is 0 Å². The van der Waals surface area contributed by atoms with Gasteiger partial charge in [0.1, 0.15) is 11.5 Å². The highest BCUT2D eigenvalue weighted by molar-refractivity contribution is 5.92. The molecule has 8 heteroatoms. The van der Waals surface area contributed by atoms with Crippen molar-refractivity contribution in [2.45, 2.75) is 19.5 Å². The lowest BCUT2D eigenvalue weighted by atomic mass is 10.3. The smallest absolute Gasteiger partial charge is 0.369 e. The maximum Gasteiger partial charge on any atom is 0.390 e. The van der Waals surface area contributed by atoms with E-state index >= 15 is 0 Å². The quantitative estimate of drug-likeness (QED) is 0.892. The van der Waals surface area contributed by atoms with Crippen molar-refractivity contribution in [2.75, 3.05) is 25.5 Å². The van der Waals surface area contributed by atoms with Gasteiger partial charge in [-0.3, -0.25) is 9.78 Å². The fraction of sp³-hybridized carbons (Fsp3) is 0.545. The number of anilines is 1. The second kappa shape index (κ2) is 6.35. The van der Waals surface area contributed by atoms with Crippen molar-refractivity contribution in [3.8, 4) is 0 Å². The van der Waals surface area contributed by atoms with Crippen LogP contribution < -0.4 is 5.32 Å².